The standard InChI is InChI=1S/C16H16Cl2F2N2O2/c1-4-8(2)7-22-13(14(17)21-15(18)16(22)23)12-10(19)5-9(24-3)6-11(12)20/h5-6,8H,4,7H2,1-3H3/t8-/m0/s1. The van der Waals surface area contributed by atoms with Crippen LogP contribution in [0.1, 0.15) is 20.3 Å². The first-order chi connectivity index (χ1) is 11.3. The Hall–Kier alpha value is -1.66. The minimum atomic E-state index is -0.907. The van der Waals surface area contributed by atoms with E-state index in [-0.39, 0.29) is 34.2 Å². The lowest BCUT2D eigenvalue weighted by molar-refractivity contribution is 0.407. The van der Waals surface area contributed by atoms with Crippen molar-refractivity contribution in [1.82, 2.24) is 9.55 Å². The number of hydrogen-bond donors (Lipinski definition) is 0. The van der Waals surface area contributed by atoms with Crippen molar-refractivity contribution < 1.29 is 13.5 Å². The zero-order valence-corrected chi connectivity index (χ0v) is 14.9. The van der Waals surface area contributed by atoms with E-state index in [9.17, 15) is 13.6 Å². The number of hydrogen-bond acceptors (Lipinski definition) is 3. The van der Waals surface area contributed by atoms with Crippen LogP contribution in [0.3, 0.4) is 0 Å². The molecule has 0 aliphatic rings. The summed E-state index contributed by atoms with van der Waals surface area (Å²) < 4.78 is 34.9. The van der Waals surface area contributed by atoms with E-state index in [1.54, 1.807) is 0 Å². The molecule has 0 saturated heterocycles. The van der Waals surface area contributed by atoms with Crippen LogP contribution in [0.5, 0.6) is 5.75 Å². The first-order valence-corrected chi connectivity index (χ1v) is 8.04. The molecule has 1 heterocycles. The number of halogens is 4. The van der Waals surface area contributed by atoms with E-state index in [4.69, 9.17) is 27.9 Å². The van der Waals surface area contributed by atoms with E-state index >= 15 is 0 Å². The summed E-state index contributed by atoms with van der Waals surface area (Å²) in [5, 5.41) is -0.591. The Bertz CT molecular complexity index is 801. The molecule has 1 atom stereocenters. The molecule has 0 aliphatic heterocycles. The molecule has 24 heavy (non-hydrogen) atoms. The quantitative estimate of drug-likeness (QED) is 0.768. The van der Waals surface area contributed by atoms with E-state index in [1.807, 2.05) is 13.8 Å². The Labute approximate surface area is 148 Å². The number of aromatic nitrogens is 2. The summed E-state index contributed by atoms with van der Waals surface area (Å²) in [5.74, 6) is -1.73. The van der Waals surface area contributed by atoms with Crippen LogP contribution in [0.4, 0.5) is 8.78 Å². The molecule has 0 bridgehead atoms. The highest BCUT2D eigenvalue weighted by molar-refractivity contribution is 6.33. The lowest BCUT2D eigenvalue weighted by Crippen LogP contribution is -2.27. The maximum atomic E-state index is 14.4. The molecule has 1 aromatic carbocycles. The molecule has 8 heteroatoms. The third-order valence-electron chi connectivity index (χ3n) is 3.76. The average molecular weight is 377 g/mol. The second kappa shape index (κ2) is 7.49. The van der Waals surface area contributed by atoms with E-state index in [1.165, 1.54) is 11.7 Å². The Morgan fingerprint density at radius 2 is 1.83 bits per heavy atom. The Morgan fingerprint density at radius 1 is 1.25 bits per heavy atom. The predicted octanol–water partition coefficient (Wildman–Crippen LogP) is 4.55. The van der Waals surface area contributed by atoms with Crippen molar-refractivity contribution in [2.75, 3.05) is 7.11 Å². The first kappa shape index (κ1) is 18.7. The highest BCUT2D eigenvalue weighted by Crippen LogP contribution is 2.33. The normalized spacial score (nSPS) is 12.3. The Balaban J connectivity index is 2.79. The monoisotopic (exact) mass is 376 g/mol. The van der Waals surface area contributed by atoms with E-state index in [0.717, 1.165) is 18.6 Å². The number of rotatable bonds is 5. The lowest BCUT2D eigenvalue weighted by Gasteiger charge is -2.18. The van der Waals surface area contributed by atoms with Gasteiger partial charge in [-0.2, -0.15) is 0 Å². The SMILES string of the molecule is CC[C@H](C)Cn1c(-c2c(F)cc(OC)cc2F)c(Cl)nc(Cl)c1=O. The predicted molar refractivity (Wildman–Crippen MR) is 89.9 cm³/mol. The van der Waals surface area contributed by atoms with Gasteiger partial charge in [0.15, 0.2) is 10.3 Å². The third kappa shape index (κ3) is 3.54. The van der Waals surface area contributed by atoms with Crippen LogP contribution in [0.2, 0.25) is 10.3 Å². The van der Waals surface area contributed by atoms with Gasteiger partial charge in [0.25, 0.3) is 5.56 Å². The fraction of sp³-hybridized carbons (Fsp3) is 0.375. The summed E-state index contributed by atoms with van der Waals surface area (Å²) in [5.41, 5.74) is -1.22. The van der Waals surface area contributed by atoms with Gasteiger partial charge in [-0.05, 0) is 5.92 Å². The molecule has 0 aliphatic carbocycles. The van der Waals surface area contributed by atoms with Gasteiger partial charge in [0.1, 0.15) is 17.4 Å². The maximum Gasteiger partial charge on any atom is 0.288 e. The van der Waals surface area contributed by atoms with Crippen molar-refractivity contribution in [2.45, 2.75) is 26.8 Å². The van der Waals surface area contributed by atoms with E-state index in [0.29, 0.717) is 0 Å². The summed E-state index contributed by atoms with van der Waals surface area (Å²) in [7, 11) is 1.30. The van der Waals surface area contributed by atoms with Crippen LogP contribution in [0.15, 0.2) is 16.9 Å². The molecule has 0 unspecified atom stereocenters. The van der Waals surface area contributed by atoms with Crippen LogP contribution in [0, 0.1) is 17.6 Å². The van der Waals surface area contributed by atoms with Gasteiger partial charge in [0.2, 0.25) is 0 Å². The molecule has 0 radical (unpaired) electrons. The van der Waals surface area contributed by atoms with Gasteiger partial charge in [-0.3, -0.25) is 4.79 Å². The second-order valence-electron chi connectivity index (χ2n) is 5.44. The van der Waals surface area contributed by atoms with Gasteiger partial charge >= 0.3 is 0 Å². The molecule has 0 fully saturated rings. The summed E-state index contributed by atoms with van der Waals surface area (Å²) in [6.45, 7) is 4.05. The smallest absolute Gasteiger partial charge is 0.288 e. The lowest BCUT2D eigenvalue weighted by atomic mass is 10.1. The van der Waals surface area contributed by atoms with Crippen molar-refractivity contribution in [3.63, 3.8) is 0 Å². The Morgan fingerprint density at radius 3 is 2.33 bits per heavy atom. The van der Waals surface area contributed by atoms with Gasteiger partial charge in [0.05, 0.1) is 18.4 Å². The highest BCUT2D eigenvalue weighted by Gasteiger charge is 2.24. The molecular weight excluding hydrogens is 361 g/mol. The topological polar surface area (TPSA) is 44.1 Å². The molecule has 2 aromatic rings. The minimum absolute atomic E-state index is 0.0163. The minimum Gasteiger partial charge on any atom is -0.497 e. The summed E-state index contributed by atoms with van der Waals surface area (Å²) >= 11 is 11.9. The molecule has 4 nitrogen and oxygen atoms in total. The van der Waals surface area contributed by atoms with Crippen LogP contribution >= 0.6 is 23.2 Å². The number of ether oxygens (including phenoxy) is 1. The number of nitrogens with zero attached hydrogens (tertiary/aromatic N) is 2. The number of benzene rings is 1. The molecule has 0 amide bonds. The van der Waals surface area contributed by atoms with Crippen LogP contribution in [-0.4, -0.2) is 16.7 Å². The molecular formula is C16H16Cl2F2N2O2. The van der Waals surface area contributed by atoms with Gasteiger partial charge in [-0.25, -0.2) is 13.8 Å². The Kier molecular flexibility index (Phi) is 5.83. The zero-order valence-electron chi connectivity index (χ0n) is 13.4. The fourth-order valence-corrected chi connectivity index (χ4v) is 2.77. The van der Waals surface area contributed by atoms with Crippen molar-refractivity contribution in [3.05, 3.63) is 44.4 Å². The summed E-state index contributed by atoms with van der Waals surface area (Å²) in [6, 6.07) is 2.03. The molecule has 1 aromatic heterocycles. The van der Waals surface area contributed by atoms with Crippen molar-refractivity contribution in [3.8, 4) is 17.0 Å². The van der Waals surface area contributed by atoms with Crippen LogP contribution < -0.4 is 10.3 Å². The average Bonchev–Trinajstić information content (AvgIpc) is 2.53. The molecule has 130 valence electrons. The van der Waals surface area contributed by atoms with Crippen molar-refractivity contribution >= 4 is 23.2 Å². The first-order valence-electron chi connectivity index (χ1n) is 7.29. The third-order valence-corrected chi connectivity index (χ3v) is 4.27. The summed E-state index contributed by atoms with van der Waals surface area (Å²) in [6.07, 6.45) is 0.761. The molecule has 2 rings (SSSR count). The number of methoxy groups -OCH3 is 1. The van der Waals surface area contributed by atoms with E-state index in [2.05, 4.69) is 4.98 Å². The molecule has 0 saturated carbocycles. The molecule has 0 spiro atoms. The molecule has 0 N–H and O–H groups in total. The van der Waals surface area contributed by atoms with Crippen LogP contribution in [0.25, 0.3) is 11.3 Å². The van der Waals surface area contributed by atoms with Crippen molar-refractivity contribution in [1.29, 1.82) is 0 Å². The van der Waals surface area contributed by atoms with Gasteiger partial charge in [-0.15, -0.1) is 0 Å². The van der Waals surface area contributed by atoms with Gasteiger partial charge in [0, 0.05) is 18.7 Å². The van der Waals surface area contributed by atoms with Crippen LogP contribution in [-0.2, 0) is 6.54 Å². The fourth-order valence-electron chi connectivity index (χ4n) is 2.26. The summed E-state index contributed by atoms with van der Waals surface area (Å²) in [4.78, 5) is 16.1. The van der Waals surface area contributed by atoms with E-state index < -0.39 is 22.8 Å². The van der Waals surface area contributed by atoms with Gasteiger partial charge < -0.3 is 9.30 Å². The van der Waals surface area contributed by atoms with Crippen molar-refractivity contribution in [2.24, 2.45) is 5.92 Å². The maximum absolute atomic E-state index is 14.4. The largest absolute Gasteiger partial charge is 0.497 e. The second-order valence-corrected chi connectivity index (χ2v) is 6.15. The highest BCUT2D eigenvalue weighted by atomic mass is 35.5. The van der Waals surface area contributed by atoms with Gasteiger partial charge in [-0.1, -0.05) is 43.5 Å². The zero-order chi connectivity index (χ0) is 18.0.